The zero-order chi connectivity index (χ0) is 17.3. The molecule has 24 heavy (non-hydrogen) atoms. The van der Waals surface area contributed by atoms with Crippen molar-refractivity contribution in [2.45, 2.75) is 44.0 Å². The number of rotatable bonds is 3. The zero-order valence-corrected chi connectivity index (χ0v) is 15.5. The molecule has 0 aliphatic carbocycles. The summed E-state index contributed by atoms with van der Waals surface area (Å²) in [6.07, 6.45) is 1.97. The molecule has 3 rings (SSSR count). The molecule has 0 aromatic heterocycles. The largest absolute Gasteiger partial charge is 0.381 e. The van der Waals surface area contributed by atoms with Crippen LogP contribution in [0.15, 0.2) is 28.0 Å². The second-order valence-corrected chi connectivity index (χ2v) is 9.72. The molecule has 0 spiro atoms. The van der Waals surface area contributed by atoms with Gasteiger partial charge in [-0.2, -0.15) is 0 Å². The Hall–Kier alpha value is -1.58. The smallest absolute Gasteiger partial charge is 0.150 e. The normalized spacial score (nSPS) is 22.7. The van der Waals surface area contributed by atoms with Gasteiger partial charge in [0, 0.05) is 6.04 Å². The molecule has 1 saturated heterocycles. The van der Waals surface area contributed by atoms with Crippen LogP contribution >= 0.6 is 0 Å². The van der Waals surface area contributed by atoms with Crippen LogP contribution in [0.4, 0.5) is 5.69 Å². The van der Waals surface area contributed by atoms with E-state index in [0.717, 1.165) is 28.1 Å². The molecule has 0 saturated carbocycles. The first-order valence-electron chi connectivity index (χ1n) is 8.15. The predicted molar refractivity (Wildman–Crippen MR) is 98.8 cm³/mol. The van der Waals surface area contributed by atoms with Gasteiger partial charge in [-0.05, 0) is 43.4 Å². The number of fused-ring (bicyclic) bond motifs is 1. The van der Waals surface area contributed by atoms with Crippen LogP contribution in [-0.4, -0.2) is 30.2 Å². The van der Waals surface area contributed by atoms with Crippen LogP contribution in [0.3, 0.4) is 0 Å². The summed E-state index contributed by atoms with van der Waals surface area (Å²) in [6.45, 7) is 3.80. The van der Waals surface area contributed by atoms with E-state index in [9.17, 15) is 12.6 Å². The third-order valence-corrected chi connectivity index (χ3v) is 7.74. The van der Waals surface area contributed by atoms with E-state index in [-0.39, 0.29) is 17.5 Å². The van der Waals surface area contributed by atoms with E-state index in [1.165, 1.54) is 0 Å². The SMILES string of the molecule is CC#CC1=C(CC)c2cccc(NC3CCS(=O)(=O)CC3)c2S1=O. The van der Waals surface area contributed by atoms with Crippen molar-refractivity contribution in [1.82, 2.24) is 0 Å². The summed E-state index contributed by atoms with van der Waals surface area (Å²) < 4.78 is 36.1. The van der Waals surface area contributed by atoms with Gasteiger partial charge in [0.1, 0.15) is 9.84 Å². The number of anilines is 1. The Labute approximate surface area is 146 Å². The number of hydrogen-bond acceptors (Lipinski definition) is 4. The van der Waals surface area contributed by atoms with Gasteiger partial charge < -0.3 is 5.32 Å². The highest BCUT2D eigenvalue weighted by Gasteiger charge is 2.31. The van der Waals surface area contributed by atoms with Gasteiger partial charge in [-0.1, -0.05) is 25.0 Å². The maximum Gasteiger partial charge on any atom is 0.150 e. The fourth-order valence-electron chi connectivity index (χ4n) is 3.26. The Morgan fingerprint density at radius 2 is 2.00 bits per heavy atom. The first-order chi connectivity index (χ1) is 11.5. The van der Waals surface area contributed by atoms with Gasteiger partial charge >= 0.3 is 0 Å². The molecule has 1 fully saturated rings. The minimum absolute atomic E-state index is 0.100. The number of benzene rings is 1. The topological polar surface area (TPSA) is 63.2 Å². The van der Waals surface area contributed by atoms with Crippen LogP contribution in [0.1, 0.15) is 38.7 Å². The molecule has 4 nitrogen and oxygen atoms in total. The Morgan fingerprint density at radius 1 is 1.29 bits per heavy atom. The minimum atomic E-state index is -2.89. The fraction of sp³-hybridized carbons (Fsp3) is 0.444. The van der Waals surface area contributed by atoms with E-state index >= 15 is 0 Å². The molecular weight excluding hydrogens is 342 g/mol. The average Bonchev–Trinajstić information content (AvgIpc) is 2.83. The summed E-state index contributed by atoms with van der Waals surface area (Å²) in [4.78, 5) is 1.50. The van der Waals surface area contributed by atoms with Crippen LogP contribution < -0.4 is 5.32 Å². The van der Waals surface area contributed by atoms with E-state index in [1.807, 2.05) is 25.1 Å². The Bertz CT molecular complexity index is 875. The van der Waals surface area contributed by atoms with Crippen molar-refractivity contribution in [3.05, 3.63) is 28.7 Å². The molecule has 2 heterocycles. The van der Waals surface area contributed by atoms with Crippen molar-refractivity contribution in [2.75, 3.05) is 16.8 Å². The molecule has 128 valence electrons. The van der Waals surface area contributed by atoms with Crippen LogP contribution in [0.2, 0.25) is 0 Å². The summed E-state index contributed by atoms with van der Waals surface area (Å²) in [5, 5.41) is 3.42. The second kappa shape index (κ2) is 6.73. The summed E-state index contributed by atoms with van der Waals surface area (Å²) in [6, 6.07) is 5.97. The fourth-order valence-corrected chi connectivity index (χ4v) is 6.35. The first-order valence-corrected chi connectivity index (χ1v) is 11.1. The van der Waals surface area contributed by atoms with Crippen LogP contribution in [0.25, 0.3) is 5.57 Å². The Balaban J connectivity index is 1.91. The Kier molecular flexibility index (Phi) is 4.84. The summed E-state index contributed by atoms with van der Waals surface area (Å²) >= 11 is 0. The van der Waals surface area contributed by atoms with E-state index in [2.05, 4.69) is 17.2 Å². The zero-order valence-electron chi connectivity index (χ0n) is 13.9. The lowest BCUT2D eigenvalue weighted by molar-refractivity contribution is 0.559. The van der Waals surface area contributed by atoms with Gasteiger partial charge in [0.05, 0.1) is 37.8 Å². The number of nitrogens with one attached hydrogen (secondary N) is 1. The van der Waals surface area contributed by atoms with E-state index in [0.29, 0.717) is 17.7 Å². The monoisotopic (exact) mass is 363 g/mol. The van der Waals surface area contributed by atoms with E-state index in [1.54, 1.807) is 6.92 Å². The molecule has 1 unspecified atom stereocenters. The molecule has 1 atom stereocenters. The van der Waals surface area contributed by atoms with Gasteiger partial charge in [-0.15, -0.1) is 5.92 Å². The van der Waals surface area contributed by atoms with Crippen LogP contribution in [0, 0.1) is 11.8 Å². The summed E-state index contributed by atoms with van der Waals surface area (Å²) in [5.41, 5.74) is 2.89. The molecule has 0 radical (unpaired) electrons. The standard InChI is InChI=1S/C18H21NO3S2/c1-3-6-17-14(4-2)15-7-5-8-16(18(15)23(17)20)19-13-9-11-24(21,22)12-10-13/h5,7-8,13,19H,4,9-12H2,1-2H3. The van der Waals surface area contributed by atoms with Crippen molar-refractivity contribution in [3.63, 3.8) is 0 Å². The maximum absolute atomic E-state index is 12.9. The summed E-state index contributed by atoms with van der Waals surface area (Å²) in [7, 11) is -4.16. The van der Waals surface area contributed by atoms with E-state index in [4.69, 9.17) is 0 Å². The van der Waals surface area contributed by atoms with Crippen molar-refractivity contribution in [1.29, 1.82) is 0 Å². The van der Waals surface area contributed by atoms with Crippen molar-refractivity contribution in [2.24, 2.45) is 0 Å². The van der Waals surface area contributed by atoms with Gasteiger partial charge in [-0.3, -0.25) is 0 Å². The van der Waals surface area contributed by atoms with Gasteiger partial charge in [0.25, 0.3) is 0 Å². The maximum atomic E-state index is 12.9. The molecule has 1 aromatic rings. The molecule has 0 bridgehead atoms. The van der Waals surface area contributed by atoms with Gasteiger partial charge in [-0.25, -0.2) is 12.6 Å². The molecule has 1 N–H and O–H groups in total. The van der Waals surface area contributed by atoms with Gasteiger partial charge in [0.2, 0.25) is 0 Å². The third-order valence-electron chi connectivity index (χ3n) is 4.49. The quantitative estimate of drug-likeness (QED) is 0.839. The predicted octanol–water partition coefficient (Wildman–Crippen LogP) is 2.94. The highest BCUT2D eigenvalue weighted by molar-refractivity contribution is 7.91. The van der Waals surface area contributed by atoms with Crippen LogP contribution in [-0.2, 0) is 20.6 Å². The molecule has 0 amide bonds. The van der Waals surface area contributed by atoms with E-state index < -0.39 is 20.6 Å². The lowest BCUT2D eigenvalue weighted by atomic mass is 10.0. The average molecular weight is 364 g/mol. The second-order valence-electron chi connectivity index (χ2n) is 6.06. The lowest BCUT2D eigenvalue weighted by Crippen LogP contribution is -2.32. The van der Waals surface area contributed by atoms with Crippen molar-refractivity contribution >= 4 is 31.9 Å². The highest BCUT2D eigenvalue weighted by Crippen LogP contribution is 2.42. The molecular formula is C18H21NO3S2. The molecule has 1 aromatic carbocycles. The van der Waals surface area contributed by atoms with Gasteiger partial charge in [0.15, 0.2) is 0 Å². The van der Waals surface area contributed by atoms with Crippen molar-refractivity contribution in [3.8, 4) is 11.8 Å². The van der Waals surface area contributed by atoms with Crippen molar-refractivity contribution < 1.29 is 12.6 Å². The number of sulfone groups is 1. The third kappa shape index (κ3) is 3.15. The van der Waals surface area contributed by atoms with Crippen LogP contribution in [0.5, 0.6) is 0 Å². The number of allylic oxidation sites excluding steroid dienone is 2. The number of hydrogen-bond donors (Lipinski definition) is 1. The minimum Gasteiger partial charge on any atom is -0.381 e. The highest BCUT2D eigenvalue weighted by atomic mass is 32.2. The lowest BCUT2D eigenvalue weighted by Gasteiger charge is -2.25. The molecule has 6 heteroatoms. The molecule has 2 aliphatic rings. The summed E-state index contributed by atoms with van der Waals surface area (Å²) in [5.74, 6) is 6.30. The molecule has 2 aliphatic heterocycles. The first kappa shape index (κ1) is 17.2. The Morgan fingerprint density at radius 3 is 2.62 bits per heavy atom.